The first-order valence-electron chi connectivity index (χ1n) is 5.29. The average molecular weight is 191 g/mol. The molecule has 0 amide bonds. The summed E-state index contributed by atoms with van der Waals surface area (Å²) in [6, 6.07) is 6.63. The Morgan fingerprint density at radius 3 is 2.43 bits per heavy atom. The molecule has 1 heteroatoms. The molecule has 1 aromatic carbocycles. The van der Waals surface area contributed by atoms with Crippen LogP contribution in [0, 0.1) is 19.8 Å². The molecule has 14 heavy (non-hydrogen) atoms. The van der Waals surface area contributed by atoms with E-state index in [1.54, 1.807) is 0 Å². The maximum Gasteiger partial charge on any atom is 0.0396 e. The van der Waals surface area contributed by atoms with Crippen molar-refractivity contribution in [2.75, 3.05) is 18.5 Å². The van der Waals surface area contributed by atoms with Crippen LogP contribution in [0.3, 0.4) is 0 Å². The standard InChI is InChI=1S/C13H21N/c1-10(2)9-14(5)13-8-11(3)6-7-12(13)4/h6-8,10H,9H2,1-5H3. The summed E-state index contributed by atoms with van der Waals surface area (Å²) in [5.41, 5.74) is 4.05. The smallest absolute Gasteiger partial charge is 0.0396 e. The molecule has 1 aromatic rings. The van der Waals surface area contributed by atoms with Crippen molar-refractivity contribution in [2.45, 2.75) is 27.7 Å². The Morgan fingerprint density at radius 2 is 1.86 bits per heavy atom. The summed E-state index contributed by atoms with van der Waals surface area (Å²) in [6.45, 7) is 9.94. The van der Waals surface area contributed by atoms with Gasteiger partial charge in [0, 0.05) is 19.3 Å². The van der Waals surface area contributed by atoms with E-state index >= 15 is 0 Å². The Balaban J connectivity index is 2.88. The highest BCUT2D eigenvalue weighted by molar-refractivity contribution is 5.54. The molecule has 0 N–H and O–H groups in total. The van der Waals surface area contributed by atoms with Crippen LogP contribution >= 0.6 is 0 Å². The molecule has 0 bridgehead atoms. The Hall–Kier alpha value is -0.980. The molecule has 0 spiro atoms. The molecule has 0 aliphatic heterocycles. The second-order valence-corrected chi connectivity index (χ2v) is 4.56. The van der Waals surface area contributed by atoms with Gasteiger partial charge in [0.1, 0.15) is 0 Å². The van der Waals surface area contributed by atoms with Crippen LogP contribution in [0.25, 0.3) is 0 Å². The fourth-order valence-electron chi connectivity index (χ4n) is 1.78. The third kappa shape index (κ3) is 2.76. The molecule has 1 rings (SSSR count). The highest BCUT2D eigenvalue weighted by Gasteiger charge is 2.06. The summed E-state index contributed by atoms with van der Waals surface area (Å²) >= 11 is 0. The Kier molecular flexibility index (Phi) is 3.56. The third-order valence-electron chi connectivity index (χ3n) is 2.41. The molecular formula is C13H21N. The van der Waals surface area contributed by atoms with Gasteiger partial charge in [-0.15, -0.1) is 0 Å². The number of nitrogens with zero attached hydrogens (tertiary/aromatic N) is 1. The first-order chi connectivity index (χ1) is 6.50. The maximum atomic E-state index is 2.34. The van der Waals surface area contributed by atoms with Crippen LogP contribution in [-0.4, -0.2) is 13.6 Å². The number of hydrogen-bond donors (Lipinski definition) is 0. The van der Waals surface area contributed by atoms with Crippen molar-refractivity contribution in [2.24, 2.45) is 5.92 Å². The minimum absolute atomic E-state index is 0.708. The summed E-state index contributed by atoms with van der Waals surface area (Å²) in [5, 5.41) is 0. The third-order valence-corrected chi connectivity index (χ3v) is 2.41. The Morgan fingerprint density at radius 1 is 1.21 bits per heavy atom. The lowest BCUT2D eigenvalue weighted by atomic mass is 10.1. The summed E-state index contributed by atoms with van der Waals surface area (Å²) in [6.07, 6.45) is 0. The zero-order chi connectivity index (χ0) is 10.7. The Bertz CT molecular complexity index is 302. The lowest BCUT2D eigenvalue weighted by Gasteiger charge is -2.23. The highest BCUT2D eigenvalue weighted by Crippen LogP contribution is 2.20. The number of benzene rings is 1. The zero-order valence-corrected chi connectivity index (χ0v) is 9.96. The van der Waals surface area contributed by atoms with Crippen molar-refractivity contribution in [3.63, 3.8) is 0 Å². The second kappa shape index (κ2) is 4.50. The van der Waals surface area contributed by atoms with Crippen molar-refractivity contribution in [1.82, 2.24) is 0 Å². The SMILES string of the molecule is Cc1ccc(C)c(N(C)CC(C)C)c1. The molecule has 0 unspecified atom stereocenters. The highest BCUT2D eigenvalue weighted by atomic mass is 15.1. The van der Waals surface area contributed by atoms with Gasteiger partial charge in [0.05, 0.1) is 0 Å². The van der Waals surface area contributed by atoms with Crippen molar-refractivity contribution in [3.05, 3.63) is 29.3 Å². The van der Waals surface area contributed by atoms with Gasteiger partial charge < -0.3 is 4.90 Å². The van der Waals surface area contributed by atoms with Gasteiger partial charge in [-0.3, -0.25) is 0 Å². The quantitative estimate of drug-likeness (QED) is 0.708. The topological polar surface area (TPSA) is 3.24 Å². The van der Waals surface area contributed by atoms with Gasteiger partial charge in [-0.2, -0.15) is 0 Å². The molecular weight excluding hydrogens is 170 g/mol. The lowest BCUT2D eigenvalue weighted by molar-refractivity contribution is 0.637. The van der Waals surface area contributed by atoms with E-state index in [1.807, 2.05) is 0 Å². The van der Waals surface area contributed by atoms with Gasteiger partial charge in [-0.25, -0.2) is 0 Å². The summed E-state index contributed by atoms with van der Waals surface area (Å²) < 4.78 is 0. The van der Waals surface area contributed by atoms with Crippen LogP contribution in [0.15, 0.2) is 18.2 Å². The van der Waals surface area contributed by atoms with Gasteiger partial charge in [-0.1, -0.05) is 26.0 Å². The van der Waals surface area contributed by atoms with E-state index in [0.717, 1.165) is 6.54 Å². The van der Waals surface area contributed by atoms with E-state index in [-0.39, 0.29) is 0 Å². The molecule has 0 aliphatic rings. The minimum atomic E-state index is 0.708. The van der Waals surface area contributed by atoms with Crippen LogP contribution in [-0.2, 0) is 0 Å². The van der Waals surface area contributed by atoms with Gasteiger partial charge in [0.2, 0.25) is 0 Å². The van der Waals surface area contributed by atoms with Crippen molar-refractivity contribution in [3.8, 4) is 0 Å². The van der Waals surface area contributed by atoms with Crippen LogP contribution in [0.1, 0.15) is 25.0 Å². The van der Waals surface area contributed by atoms with E-state index < -0.39 is 0 Å². The maximum absolute atomic E-state index is 2.34. The predicted molar refractivity (Wildman–Crippen MR) is 64.0 cm³/mol. The van der Waals surface area contributed by atoms with E-state index in [0.29, 0.717) is 5.92 Å². The molecule has 0 aromatic heterocycles. The van der Waals surface area contributed by atoms with Gasteiger partial charge in [0.25, 0.3) is 0 Å². The first kappa shape index (κ1) is 11.1. The fraction of sp³-hybridized carbons (Fsp3) is 0.538. The summed E-state index contributed by atoms with van der Waals surface area (Å²) in [5.74, 6) is 0.708. The molecule has 0 atom stereocenters. The molecule has 0 saturated carbocycles. The normalized spacial score (nSPS) is 10.7. The van der Waals surface area contributed by atoms with E-state index in [2.05, 4.69) is 57.8 Å². The van der Waals surface area contributed by atoms with Gasteiger partial charge >= 0.3 is 0 Å². The lowest BCUT2D eigenvalue weighted by Crippen LogP contribution is -2.23. The van der Waals surface area contributed by atoms with Crippen LogP contribution in [0.4, 0.5) is 5.69 Å². The molecule has 0 heterocycles. The minimum Gasteiger partial charge on any atom is -0.374 e. The van der Waals surface area contributed by atoms with Crippen LogP contribution in [0.5, 0.6) is 0 Å². The molecule has 0 fully saturated rings. The number of hydrogen-bond acceptors (Lipinski definition) is 1. The number of rotatable bonds is 3. The van der Waals surface area contributed by atoms with Crippen molar-refractivity contribution >= 4 is 5.69 Å². The summed E-state index contributed by atoms with van der Waals surface area (Å²) in [4.78, 5) is 2.34. The number of anilines is 1. The van der Waals surface area contributed by atoms with E-state index in [1.165, 1.54) is 16.8 Å². The van der Waals surface area contributed by atoms with Crippen LogP contribution in [0.2, 0.25) is 0 Å². The molecule has 78 valence electrons. The largest absolute Gasteiger partial charge is 0.374 e. The second-order valence-electron chi connectivity index (χ2n) is 4.56. The predicted octanol–water partition coefficient (Wildman–Crippen LogP) is 3.40. The number of aryl methyl sites for hydroxylation is 2. The first-order valence-corrected chi connectivity index (χ1v) is 5.29. The molecule has 0 radical (unpaired) electrons. The van der Waals surface area contributed by atoms with Gasteiger partial charge in [0.15, 0.2) is 0 Å². The fourth-order valence-corrected chi connectivity index (χ4v) is 1.78. The van der Waals surface area contributed by atoms with Gasteiger partial charge in [-0.05, 0) is 37.0 Å². The van der Waals surface area contributed by atoms with Crippen molar-refractivity contribution < 1.29 is 0 Å². The zero-order valence-electron chi connectivity index (χ0n) is 9.96. The molecule has 0 saturated heterocycles. The van der Waals surface area contributed by atoms with Crippen molar-refractivity contribution in [1.29, 1.82) is 0 Å². The van der Waals surface area contributed by atoms with E-state index in [9.17, 15) is 0 Å². The monoisotopic (exact) mass is 191 g/mol. The molecule has 1 nitrogen and oxygen atoms in total. The molecule has 0 aliphatic carbocycles. The van der Waals surface area contributed by atoms with Crippen LogP contribution < -0.4 is 4.90 Å². The Labute approximate surface area is 87.7 Å². The summed E-state index contributed by atoms with van der Waals surface area (Å²) in [7, 11) is 2.17. The van der Waals surface area contributed by atoms with E-state index in [4.69, 9.17) is 0 Å². The average Bonchev–Trinajstić information content (AvgIpc) is 2.08.